The van der Waals surface area contributed by atoms with Gasteiger partial charge >= 0.3 is 0 Å². The smallest absolute Gasteiger partial charge is 0.120 e. The van der Waals surface area contributed by atoms with Gasteiger partial charge in [-0.05, 0) is 11.6 Å². The first-order chi connectivity index (χ1) is 9.24. The third-order valence-corrected chi connectivity index (χ3v) is 5.26. The summed E-state index contributed by atoms with van der Waals surface area (Å²) in [4.78, 5) is 4.35. The van der Waals surface area contributed by atoms with Gasteiger partial charge < -0.3 is 10.5 Å². The Kier molecular flexibility index (Phi) is 4.07. The van der Waals surface area contributed by atoms with Crippen LogP contribution in [0.25, 0.3) is 0 Å². The number of rotatable bonds is 3. The third-order valence-electron chi connectivity index (χ3n) is 3.75. The van der Waals surface area contributed by atoms with E-state index in [1.165, 1.54) is 16.2 Å². The standard InChI is InChI=1S/C14H18N2OS2/c15-14(18)12-8-16(5-6-17-12)7-10-9-19-13-4-2-1-3-11(10)13/h1-4,10,12H,5-9H2,(H2,15,18). The minimum absolute atomic E-state index is 0.0759. The number of nitrogens with two attached hydrogens (primary N) is 1. The Morgan fingerprint density at radius 3 is 3.16 bits per heavy atom. The Labute approximate surface area is 123 Å². The molecular formula is C14H18N2OS2. The van der Waals surface area contributed by atoms with Crippen molar-refractivity contribution in [2.45, 2.75) is 16.9 Å². The molecule has 5 heteroatoms. The summed E-state index contributed by atoms with van der Waals surface area (Å²) in [5, 5.41) is 0. The zero-order chi connectivity index (χ0) is 13.2. The van der Waals surface area contributed by atoms with Gasteiger partial charge in [0, 0.05) is 36.2 Å². The number of thioether (sulfide) groups is 1. The molecule has 0 amide bonds. The second kappa shape index (κ2) is 5.79. The van der Waals surface area contributed by atoms with Crippen LogP contribution in [-0.2, 0) is 4.74 Å². The van der Waals surface area contributed by atoms with Crippen molar-refractivity contribution >= 4 is 29.0 Å². The maximum Gasteiger partial charge on any atom is 0.120 e. The lowest BCUT2D eigenvalue weighted by atomic mass is 10.0. The van der Waals surface area contributed by atoms with Crippen LogP contribution in [0, 0.1) is 0 Å². The molecule has 1 saturated heterocycles. The van der Waals surface area contributed by atoms with E-state index in [4.69, 9.17) is 22.7 Å². The number of ether oxygens (including phenoxy) is 1. The van der Waals surface area contributed by atoms with Gasteiger partial charge in [0.05, 0.1) is 6.61 Å². The molecule has 0 aliphatic carbocycles. The van der Waals surface area contributed by atoms with Crippen LogP contribution in [0.5, 0.6) is 0 Å². The molecule has 2 aliphatic heterocycles. The maximum absolute atomic E-state index is 5.69. The van der Waals surface area contributed by atoms with Crippen LogP contribution >= 0.6 is 24.0 Å². The summed E-state index contributed by atoms with van der Waals surface area (Å²) < 4.78 is 5.59. The molecule has 19 heavy (non-hydrogen) atoms. The van der Waals surface area contributed by atoms with Gasteiger partial charge in [-0.3, -0.25) is 4.90 Å². The average Bonchev–Trinajstić information content (AvgIpc) is 2.83. The Morgan fingerprint density at radius 2 is 2.32 bits per heavy atom. The van der Waals surface area contributed by atoms with Crippen LogP contribution in [0.4, 0.5) is 0 Å². The quantitative estimate of drug-likeness (QED) is 0.862. The van der Waals surface area contributed by atoms with Gasteiger partial charge in [-0.25, -0.2) is 0 Å². The molecule has 0 radical (unpaired) electrons. The number of fused-ring (bicyclic) bond motifs is 1. The molecular weight excluding hydrogens is 276 g/mol. The molecule has 102 valence electrons. The summed E-state index contributed by atoms with van der Waals surface area (Å²) in [7, 11) is 0. The molecule has 2 N–H and O–H groups in total. The fraction of sp³-hybridized carbons (Fsp3) is 0.500. The number of hydrogen-bond acceptors (Lipinski definition) is 4. The molecule has 1 fully saturated rings. The van der Waals surface area contributed by atoms with Gasteiger partial charge in [-0.1, -0.05) is 30.4 Å². The van der Waals surface area contributed by atoms with Crippen LogP contribution < -0.4 is 5.73 Å². The van der Waals surface area contributed by atoms with E-state index in [2.05, 4.69) is 29.2 Å². The lowest BCUT2D eigenvalue weighted by molar-refractivity contribution is 0.00568. The Morgan fingerprint density at radius 1 is 1.47 bits per heavy atom. The van der Waals surface area contributed by atoms with Crippen LogP contribution in [-0.4, -0.2) is 48.0 Å². The molecule has 0 bridgehead atoms. The predicted molar refractivity (Wildman–Crippen MR) is 82.9 cm³/mol. The minimum atomic E-state index is -0.0759. The van der Waals surface area contributed by atoms with Crippen LogP contribution in [0.3, 0.4) is 0 Å². The SMILES string of the molecule is NC(=S)C1CN(CC2CSc3ccccc32)CCO1. The number of nitrogens with zero attached hydrogens (tertiary/aromatic N) is 1. The first-order valence-electron chi connectivity index (χ1n) is 6.59. The van der Waals surface area contributed by atoms with Crippen molar-refractivity contribution in [1.82, 2.24) is 4.90 Å². The molecule has 3 nitrogen and oxygen atoms in total. The largest absolute Gasteiger partial charge is 0.391 e. The zero-order valence-corrected chi connectivity index (χ0v) is 12.4. The zero-order valence-electron chi connectivity index (χ0n) is 10.7. The molecule has 0 spiro atoms. The van der Waals surface area contributed by atoms with Gasteiger partial charge in [0.25, 0.3) is 0 Å². The predicted octanol–water partition coefficient (Wildman–Crippen LogP) is 1.86. The lowest BCUT2D eigenvalue weighted by Gasteiger charge is -2.33. The molecule has 2 unspecified atom stereocenters. The van der Waals surface area contributed by atoms with E-state index in [1.54, 1.807) is 0 Å². The topological polar surface area (TPSA) is 38.5 Å². The molecule has 0 saturated carbocycles. The van der Waals surface area contributed by atoms with Gasteiger partial charge in [0.15, 0.2) is 0 Å². The average molecular weight is 294 g/mol. The fourth-order valence-electron chi connectivity index (χ4n) is 2.73. The van der Waals surface area contributed by atoms with Gasteiger partial charge in [-0.2, -0.15) is 0 Å². The highest BCUT2D eigenvalue weighted by Gasteiger charge is 2.28. The highest BCUT2D eigenvalue weighted by atomic mass is 32.2. The van der Waals surface area contributed by atoms with Crippen molar-refractivity contribution in [1.29, 1.82) is 0 Å². The minimum Gasteiger partial charge on any atom is -0.391 e. The van der Waals surface area contributed by atoms with E-state index >= 15 is 0 Å². The first-order valence-corrected chi connectivity index (χ1v) is 7.98. The Hall–Kier alpha value is -0.620. The van der Waals surface area contributed by atoms with E-state index < -0.39 is 0 Å². The summed E-state index contributed by atoms with van der Waals surface area (Å²) in [6.45, 7) is 3.61. The fourth-order valence-corrected chi connectivity index (χ4v) is 4.12. The van der Waals surface area contributed by atoms with E-state index in [0.717, 1.165) is 26.2 Å². The second-order valence-electron chi connectivity index (χ2n) is 5.07. The van der Waals surface area contributed by atoms with E-state index in [9.17, 15) is 0 Å². The number of hydrogen-bond donors (Lipinski definition) is 1. The molecule has 2 atom stereocenters. The van der Waals surface area contributed by atoms with E-state index in [1.807, 2.05) is 11.8 Å². The molecule has 1 aromatic carbocycles. The summed E-state index contributed by atoms with van der Waals surface area (Å²) >= 11 is 7.00. The van der Waals surface area contributed by atoms with Crippen LogP contribution in [0.15, 0.2) is 29.2 Å². The highest BCUT2D eigenvalue weighted by molar-refractivity contribution is 7.99. The van der Waals surface area contributed by atoms with Crippen molar-refractivity contribution in [3.05, 3.63) is 29.8 Å². The summed E-state index contributed by atoms with van der Waals surface area (Å²) in [6, 6.07) is 8.73. The summed E-state index contributed by atoms with van der Waals surface area (Å²) in [5.74, 6) is 1.79. The first kappa shape index (κ1) is 13.4. The normalized spacial score (nSPS) is 27.2. The summed E-state index contributed by atoms with van der Waals surface area (Å²) in [5.41, 5.74) is 7.18. The maximum atomic E-state index is 5.69. The van der Waals surface area contributed by atoms with Crippen molar-refractivity contribution in [3.63, 3.8) is 0 Å². The molecule has 3 rings (SSSR count). The van der Waals surface area contributed by atoms with Gasteiger partial charge in [0.2, 0.25) is 0 Å². The second-order valence-corrected chi connectivity index (χ2v) is 6.60. The van der Waals surface area contributed by atoms with E-state index in [-0.39, 0.29) is 6.10 Å². The molecule has 2 aliphatic rings. The van der Waals surface area contributed by atoms with Crippen molar-refractivity contribution in [2.75, 3.05) is 32.0 Å². The lowest BCUT2D eigenvalue weighted by Crippen LogP contribution is -2.48. The van der Waals surface area contributed by atoms with Gasteiger partial charge in [-0.15, -0.1) is 11.8 Å². The van der Waals surface area contributed by atoms with Crippen molar-refractivity contribution < 1.29 is 4.74 Å². The van der Waals surface area contributed by atoms with Crippen LogP contribution in [0.1, 0.15) is 11.5 Å². The van der Waals surface area contributed by atoms with Crippen molar-refractivity contribution in [2.24, 2.45) is 5.73 Å². The highest BCUT2D eigenvalue weighted by Crippen LogP contribution is 2.39. The third kappa shape index (κ3) is 2.94. The number of benzene rings is 1. The Balaban J connectivity index is 1.65. The van der Waals surface area contributed by atoms with Gasteiger partial charge in [0.1, 0.15) is 11.1 Å². The van der Waals surface area contributed by atoms with Crippen LogP contribution in [0.2, 0.25) is 0 Å². The van der Waals surface area contributed by atoms with E-state index in [0.29, 0.717) is 10.9 Å². The van der Waals surface area contributed by atoms with Crippen molar-refractivity contribution in [3.8, 4) is 0 Å². The molecule has 0 aromatic heterocycles. The monoisotopic (exact) mass is 294 g/mol. The molecule has 1 aromatic rings. The summed E-state index contributed by atoms with van der Waals surface area (Å²) in [6.07, 6.45) is -0.0759. The Bertz CT molecular complexity index is 480. The number of thiocarbonyl (C=S) groups is 1. The molecule has 2 heterocycles. The number of morpholine rings is 1.